The molecule has 0 fully saturated rings. The van der Waals surface area contributed by atoms with Gasteiger partial charge in [-0.3, -0.25) is 0 Å². The van der Waals surface area contributed by atoms with Crippen LogP contribution in [0.4, 0.5) is 10.5 Å². The van der Waals surface area contributed by atoms with Gasteiger partial charge in [0.15, 0.2) is 0 Å². The number of sulfonamides is 1. The molecule has 2 aliphatic rings. The molecular weight excluding hydrogens is 379 g/mol. The Hall–Kier alpha value is -0.714. The molecule has 0 saturated carbocycles. The predicted molar refractivity (Wildman–Crippen MR) is 98.8 cm³/mol. The van der Waals surface area contributed by atoms with Crippen LogP contribution in [0.25, 0.3) is 0 Å². The number of amides is 2. The third-order valence-electron chi connectivity index (χ3n) is 4.96. The molecule has 2 amide bonds. The smallest absolute Gasteiger partial charge is 0.323 e. The van der Waals surface area contributed by atoms with Gasteiger partial charge in [-0.05, 0) is 60.8 Å². The molecule has 0 spiro atoms. The maximum absolute atomic E-state index is 12.4. The summed E-state index contributed by atoms with van der Waals surface area (Å²) in [5, 5.41) is 2.63. The summed E-state index contributed by atoms with van der Waals surface area (Å²) in [7, 11) is -2.44. The second-order valence-corrected chi connectivity index (χ2v) is 8.19. The summed E-state index contributed by atoms with van der Waals surface area (Å²) < 4.78 is 28.1. The monoisotopic (exact) mass is 399 g/mol. The molecule has 1 radical (unpaired) electrons. The van der Waals surface area contributed by atoms with E-state index >= 15 is 0 Å². The van der Waals surface area contributed by atoms with Gasteiger partial charge in [0.1, 0.15) is 0 Å². The first-order valence-corrected chi connectivity index (χ1v) is 9.91. The number of nitrogens with one attached hydrogen (secondary N) is 2. The van der Waals surface area contributed by atoms with Gasteiger partial charge in [0.05, 0.1) is 0 Å². The number of carbonyl (C=O) groups excluding carboxylic acids is 1. The van der Waals surface area contributed by atoms with Gasteiger partial charge in [0, 0.05) is 76.5 Å². The van der Waals surface area contributed by atoms with E-state index in [9.17, 15) is 13.2 Å². The topological polar surface area (TPSA) is 93.1 Å². The van der Waals surface area contributed by atoms with Gasteiger partial charge in [-0.1, -0.05) is 6.07 Å². The van der Waals surface area contributed by atoms with Crippen molar-refractivity contribution in [3.63, 3.8) is 0 Å². The fraction of sp³-hybridized carbons (Fsp3) is 0.412. The van der Waals surface area contributed by atoms with Gasteiger partial charge in [-0.25, -0.2) is 14.5 Å². The molecular formula is C17H20KN4O3S. The molecule has 0 aliphatic heterocycles. The van der Waals surface area contributed by atoms with Gasteiger partial charge < -0.3 is 9.88 Å². The molecule has 0 saturated heterocycles. The van der Waals surface area contributed by atoms with E-state index in [0.29, 0.717) is 0 Å². The molecule has 133 valence electrons. The summed E-state index contributed by atoms with van der Waals surface area (Å²) in [6.07, 6.45) is 8.91. The Morgan fingerprint density at radius 2 is 1.73 bits per heavy atom. The zero-order chi connectivity index (χ0) is 17.6. The number of hydrogen-bond acceptors (Lipinski definition) is 4. The summed E-state index contributed by atoms with van der Waals surface area (Å²) in [6, 6.07) is 1.52. The quantitative estimate of drug-likeness (QED) is 0.766. The zero-order valence-corrected chi connectivity index (χ0v) is 18.9. The van der Waals surface area contributed by atoms with Crippen molar-refractivity contribution in [3.8, 4) is 0 Å². The third-order valence-corrected chi connectivity index (χ3v) is 6.28. The summed E-state index contributed by atoms with van der Waals surface area (Å²) >= 11 is 0. The van der Waals surface area contributed by atoms with E-state index in [1.807, 2.05) is 0 Å². The number of fused-ring (bicyclic) bond motifs is 2. The number of anilines is 1. The number of rotatable bonds is 3. The Bertz CT molecular complexity index is 936. The van der Waals surface area contributed by atoms with Gasteiger partial charge in [0.25, 0.3) is 10.0 Å². The molecule has 4 rings (SSSR count). The molecule has 1 aromatic carbocycles. The van der Waals surface area contributed by atoms with E-state index < -0.39 is 16.1 Å². The van der Waals surface area contributed by atoms with Crippen LogP contribution in [0, 0.1) is 0 Å². The van der Waals surface area contributed by atoms with Crippen molar-refractivity contribution in [2.24, 2.45) is 7.05 Å². The van der Waals surface area contributed by atoms with Crippen LogP contribution in [0.1, 0.15) is 35.1 Å². The Morgan fingerprint density at radius 3 is 2.27 bits per heavy atom. The Morgan fingerprint density at radius 1 is 1.12 bits per heavy atom. The van der Waals surface area contributed by atoms with E-state index in [1.165, 1.54) is 28.1 Å². The Kier molecular flexibility index (Phi) is 5.95. The number of aryl methyl sites for hydroxylation is 3. The summed E-state index contributed by atoms with van der Waals surface area (Å²) in [5.41, 5.74) is 5.69. The van der Waals surface area contributed by atoms with Crippen molar-refractivity contribution in [1.29, 1.82) is 0 Å². The number of aromatic nitrogens is 2. The molecule has 1 aromatic heterocycles. The molecule has 0 bridgehead atoms. The second kappa shape index (κ2) is 7.73. The number of urea groups is 1. The summed E-state index contributed by atoms with van der Waals surface area (Å²) in [4.78, 5) is 16.2. The van der Waals surface area contributed by atoms with Crippen LogP contribution in [-0.4, -0.2) is 75.4 Å². The largest absolute Gasteiger partial charge is 0.333 e. The minimum absolute atomic E-state index is 0. The van der Waals surface area contributed by atoms with E-state index in [-0.39, 0.29) is 56.5 Å². The fourth-order valence-corrected chi connectivity index (χ4v) is 4.91. The first-order valence-electron chi connectivity index (χ1n) is 8.43. The number of nitrogens with zero attached hydrogens (tertiary/aromatic N) is 2. The van der Waals surface area contributed by atoms with E-state index in [2.05, 4.69) is 21.1 Å². The summed E-state index contributed by atoms with van der Waals surface area (Å²) in [5.74, 6) is 0. The predicted octanol–water partition coefficient (Wildman–Crippen LogP) is 1.53. The number of imidazole rings is 1. The maximum Gasteiger partial charge on any atom is 0.333 e. The maximum atomic E-state index is 12.4. The van der Waals surface area contributed by atoms with Crippen LogP contribution < -0.4 is 10.0 Å². The molecule has 9 heteroatoms. The Balaban J connectivity index is 0.00000196. The van der Waals surface area contributed by atoms with Crippen molar-refractivity contribution < 1.29 is 13.2 Å². The van der Waals surface area contributed by atoms with Crippen LogP contribution in [0.5, 0.6) is 0 Å². The van der Waals surface area contributed by atoms with E-state index in [4.69, 9.17) is 0 Å². The van der Waals surface area contributed by atoms with Crippen molar-refractivity contribution in [1.82, 2.24) is 14.3 Å². The van der Waals surface area contributed by atoms with Crippen LogP contribution in [0.15, 0.2) is 23.6 Å². The SMILES string of the molecule is Cn1ccnc1S(=O)(=O)NC(=O)Nc1c2c(cc3c1CCC3)CCC2.[K]. The number of carbonyl (C=O) groups is 1. The Labute approximate surface area is 195 Å². The number of benzene rings is 1. The van der Waals surface area contributed by atoms with Crippen LogP contribution >= 0.6 is 0 Å². The molecule has 0 unspecified atom stereocenters. The molecule has 0 atom stereocenters. The summed E-state index contributed by atoms with van der Waals surface area (Å²) in [6.45, 7) is 0. The first kappa shape index (κ1) is 20.0. The normalized spacial score (nSPS) is 15.1. The minimum atomic E-state index is -4.01. The van der Waals surface area contributed by atoms with E-state index in [0.717, 1.165) is 55.3 Å². The molecule has 2 N–H and O–H groups in total. The third kappa shape index (κ3) is 3.65. The first-order chi connectivity index (χ1) is 12.0. The van der Waals surface area contributed by atoms with E-state index in [1.54, 1.807) is 7.05 Å². The molecule has 26 heavy (non-hydrogen) atoms. The van der Waals surface area contributed by atoms with Gasteiger partial charge >= 0.3 is 6.03 Å². The van der Waals surface area contributed by atoms with Gasteiger partial charge in [0.2, 0.25) is 5.16 Å². The van der Waals surface area contributed by atoms with Crippen LogP contribution in [0.3, 0.4) is 0 Å². The van der Waals surface area contributed by atoms with Crippen LogP contribution in [0.2, 0.25) is 0 Å². The van der Waals surface area contributed by atoms with Gasteiger partial charge in [-0.15, -0.1) is 0 Å². The van der Waals surface area contributed by atoms with Crippen molar-refractivity contribution in [2.45, 2.75) is 43.7 Å². The van der Waals surface area contributed by atoms with Crippen LogP contribution in [-0.2, 0) is 42.8 Å². The van der Waals surface area contributed by atoms with Crippen molar-refractivity contribution in [2.75, 3.05) is 5.32 Å². The van der Waals surface area contributed by atoms with Gasteiger partial charge in [-0.2, -0.15) is 8.42 Å². The van der Waals surface area contributed by atoms with Crippen molar-refractivity contribution in [3.05, 3.63) is 40.7 Å². The number of hydrogen-bond donors (Lipinski definition) is 2. The second-order valence-electron chi connectivity index (χ2n) is 6.61. The molecule has 7 nitrogen and oxygen atoms in total. The average molecular weight is 400 g/mol. The molecule has 2 aromatic rings. The standard InChI is InChI=1S/C17H20N4O3S.K/c1-21-9-8-18-17(21)25(23,24)20-16(22)19-15-13-6-2-4-11(13)10-12-5-3-7-14(12)15;/h8-10H,2-7H2,1H3,(H2,19,20,22);. The molecule has 1 heterocycles. The molecule has 2 aliphatic carbocycles. The average Bonchev–Trinajstić information content (AvgIpc) is 3.25. The zero-order valence-electron chi connectivity index (χ0n) is 15.0. The van der Waals surface area contributed by atoms with Crippen molar-refractivity contribution >= 4 is 73.1 Å². The minimum Gasteiger partial charge on any atom is -0.323 e. The fourth-order valence-electron chi connectivity index (χ4n) is 3.88.